The van der Waals surface area contributed by atoms with Crippen LogP contribution in [0.15, 0.2) is 83.3 Å². The van der Waals surface area contributed by atoms with E-state index in [4.69, 9.17) is 0 Å². The molecule has 0 aromatic heterocycles. The third kappa shape index (κ3) is 3.31. The highest BCUT2D eigenvalue weighted by molar-refractivity contribution is 9.10. The summed E-state index contributed by atoms with van der Waals surface area (Å²) in [5.74, 6) is -3.08. The number of anilines is 1. The predicted octanol–water partition coefficient (Wildman–Crippen LogP) is 4.84. The maximum absolute atomic E-state index is 14.1. The molecule has 3 fully saturated rings. The summed E-state index contributed by atoms with van der Waals surface area (Å²) < 4.78 is 0.813. The van der Waals surface area contributed by atoms with Crippen molar-refractivity contribution in [2.75, 3.05) is 4.90 Å². The number of carbonyl (C=O) groups excluding carboxylic acids is 4. The van der Waals surface area contributed by atoms with Gasteiger partial charge in [0.1, 0.15) is 5.54 Å². The Morgan fingerprint density at radius 2 is 1.57 bits per heavy atom. The summed E-state index contributed by atoms with van der Waals surface area (Å²) in [4.78, 5) is 59.7. The standard InChI is InChI=1S/C29H24BrN3O4/c1-17-7-6-10-19(15-17)24-22-23(26(35)31(25(22)34)16-18-8-4-3-5-9-18)29(2)27(36)32(28(37)33(24)29)21-13-11-20(30)12-14-21/h3-15,22-24H,16H2,1-2H3/t22-,23-,24-,29-/m1/s1. The molecule has 3 aliphatic rings. The number of urea groups is 1. The lowest BCUT2D eigenvalue weighted by Gasteiger charge is -2.32. The summed E-state index contributed by atoms with van der Waals surface area (Å²) in [6, 6.07) is 22.5. The van der Waals surface area contributed by atoms with Gasteiger partial charge in [-0.05, 0) is 49.2 Å². The molecule has 8 heteroatoms. The van der Waals surface area contributed by atoms with E-state index in [1.807, 2.05) is 61.5 Å². The van der Waals surface area contributed by atoms with Crippen LogP contribution in [-0.2, 0) is 20.9 Å². The predicted molar refractivity (Wildman–Crippen MR) is 140 cm³/mol. The summed E-state index contributed by atoms with van der Waals surface area (Å²) in [6.07, 6.45) is 0. The maximum atomic E-state index is 14.1. The third-order valence-corrected chi connectivity index (χ3v) is 8.38. The van der Waals surface area contributed by atoms with Gasteiger partial charge in [0.2, 0.25) is 11.8 Å². The van der Waals surface area contributed by atoms with Gasteiger partial charge in [-0.1, -0.05) is 76.1 Å². The fourth-order valence-corrected chi connectivity index (χ4v) is 6.45. The Morgan fingerprint density at radius 3 is 2.24 bits per heavy atom. The Morgan fingerprint density at radius 1 is 0.865 bits per heavy atom. The van der Waals surface area contributed by atoms with E-state index in [-0.39, 0.29) is 12.5 Å². The number of imide groups is 2. The highest BCUT2D eigenvalue weighted by atomic mass is 79.9. The van der Waals surface area contributed by atoms with E-state index >= 15 is 0 Å². The summed E-state index contributed by atoms with van der Waals surface area (Å²) in [7, 11) is 0. The van der Waals surface area contributed by atoms with Gasteiger partial charge in [-0.2, -0.15) is 0 Å². The number of hydrogen-bond donors (Lipinski definition) is 0. The lowest BCUT2D eigenvalue weighted by Crippen LogP contribution is -2.51. The molecule has 0 saturated carbocycles. The lowest BCUT2D eigenvalue weighted by atomic mass is 9.79. The average Bonchev–Trinajstić information content (AvgIpc) is 3.38. The lowest BCUT2D eigenvalue weighted by molar-refractivity contribution is -0.144. The van der Waals surface area contributed by atoms with E-state index in [0.717, 1.165) is 26.1 Å². The minimum Gasteiger partial charge on any atom is -0.301 e. The smallest absolute Gasteiger partial charge is 0.301 e. The molecule has 0 N–H and O–H groups in total. The Labute approximate surface area is 222 Å². The Hall–Kier alpha value is -3.78. The highest BCUT2D eigenvalue weighted by Gasteiger charge is 2.75. The normalized spacial score (nSPS) is 26.8. The molecule has 3 aromatic carbocycles. The molecule has 0 unspecified atom stereocenters. The number of rotatable bonds is 4. The van der Waals surface area contributed by atoms with Crippen LogP contribution in [0.4, 0.5) is 10.5 Å². The van der Waals surface area contributed by atoms with Gasteiger partial charge < -0.3 is 4.90 Å². The van der Waals surface area contributed by atoms with Crippen molar-refractivity contribution in [3.63, 3.8) is 0 Å². The fourth-order valence-electron chi connectivity index (χ4n) is 6.18. The van der Waals surface area contributed by atoms with Crippen LogP contribution in [0.25, 0.3) is 0 Å². The van der Waals surface area contributed by atoms with Crippen molar-refractivity contribution in [1.29, 1.82) is 0 Å². The van der Waals surface area contributed by atoms with Crippen molar-refractivity contribution in [2.45, 2.75) is 32.0 Å². The molecule has 3 aliphatic heterocycles. The molecular weight excluding hydrogens is 534 g/mol. The van der Waals surface area contributed by atoms with Crippen molar-refractivity contribution in [3.8, 4) is 0 Å². The summed E-state index contributed by atoms with van der Waals surface area (Å²) in [5, 5.41) is 0. The molecule has 7 nitrogen and oxygen atoms in total. The van der Waals surface area contributed by atoms with Gasteiger partial charge in [-0.15, -0.1) is 0 Å². The van der Waals surface area contributed by atoms with Crippen molar-refractivity contribution < 1.29 is 19.2 Å². The van der Waals surface area contributed by atoms with Gasteiger partial charge in [-0.3, -0.25) is 19.3 Å². The largest absolute Gasteiger partial charge is 0.332 e. The van der Waals surface area contributed by atoms with E-state index < -0.39 is 41.3 Å². The van der Waals surface area contributed by atoms with E-state index in [1.165, 1.54) is 9.80 Å². The first-order valence-corrected chi connectivity index (χ1v) is 12.9. The van der Waals surface area contributed by atoms with Gasteiger partial charge >= 0.3 is 6.03 Å². The molecule has 0 radical (unpaired) electrons. The average molecular weight is 558 g/mol. The Bertz CT molecular complexity index is 1460. The number of carbonyl (C=O) groups is 4. The van der Waals surface area contributed by atoms with E-state index in [2.05, 4.69) is 15.9 Å². The topological polar surface area (TPSA) is 78.0 Å². The zero-order valence-corrected chi connectivity index (χ0v) is 21.9. The van der Waals surface area contributed by atoms with Crippen molar-refractivity contribution in [1.82, 2.24) is 9.80 Å². The molecule has 37 heavy (non-hydrogen) atoms. The molecule has 3 heterocycles. The van der Waals surface area contributed by atoms with Gasteiger partial charge in [0, 0.05) is 4.47 Å². The maximum Gasteiger partial charge on any atom is 0.332 e. The molecule has 6 rings (SSSR count). The number of nitrogens with zero attached hydrogens (tertiary/aromatic N) is 3. The van der Waals surface area contributed by atoms with Gasteiger partial charge in [-0.25, -0.2) is 9.69 Å². The van der Waals surface area contributed by atoms with Gasteiger partial charge in [0.25, 0.3) is 5.91 Å². The molecule has 3 saturated heterocycles. The molecule has 4 atom stereocenters. The molecular formula is C29H24BrN3O4. The first kappa shape index (κ1) is 23.6. The SMILES string of the molecule is Cc1cccc([C@@H]2[C@@H]3C(=O)N(Cc4ccccc4)C(=O)[C@@H]3[C@]3(C)C(=O)N(c4ccc(Br)cc4)C(=O)N23)c1. The van der Waals surface area contributed by atoms with Crippen molar-refractivity contribution in [2.24, 2.45) is 11.8 Å². The quantitative estimate of drug-likeness (QED) is 0.339. The number of halogens is 1. The Kier molecular flexibility index (Phi) is 5.35. The minimum absolute atomic E-state index is 0.126. The zero-order valence-electron chi connectivity index (χ0n) is 20.3. The van der Waals surface area contributed by atoms with Crippen LogP contribution in [0.2, 0.25) is 0 Å². The van der Waals surface area contributed by atoms with Crippen LogP contribution < -0.4 is 4.90 Å². The first-order valence-electron chi connectivity index (χ1n) is 12.1. The minimum atomic E-state index is -1.50. The summed E-state index contributed by atoms with van der Waals surface area (Å²) in [5.41, 5.74) is 1.44. The van der Waals surface area contributed by atoms with Crippen LogP contribution in [-0.4, -0.2) is 39.1 Å². The van der Waals surface area contributed by atoms with Gasteiger partial charge in [0.15, 0.2) is 0 Å². The van der Waals surface area contributed by atoms with E-state index in [0.29, 0.717) is 5.69 Å². The van der Waals surface area contributed by atoms with Crippen LogP contribution in [0.5, 0.6) is 0 Å². The van der Waals surface area contributed by atoms with Crippen LogP contribution in [0, 0.1) is 18.8 Å². The van der Waals surface area contributed by atoms with E-state index in [1.54, 1.807) is 31.2 Å². The molecule has 3 aromatic rings. The van der Waals surface area contributed by atoms with E-state index in [9.17, 15) is 19.2 Å². The summed E-state index contributed by atoms with van der Waals surface area (Å²) >= 11 is 3.39. The van der Waals surface area contributed by atoms with Crippen LogP contribution in [0.3, 0.4) is 0 Å². The highest BCUT2D eigenvalue weighted by Crippen LogP contribution is 2.58. The second-order valence-electron chi connectivity index (χ2n) is 10.0. The number of aryl methyl sites for hydroxylation is 1. The number of hydrogen-bond acceptors (Lipinski definition) is 4. The molecule has 186 valence electrons. The second-order valence-corrected chi connectivity index (χ2v) is 10.9. The number of fused-ring (bicyclic) bond motifs is 3. The molecule has 0 bridgehead atoms. The Balaban J connectivity index is 1.49. The zero-order chi connectivity index (χ0) is 26.1. The van der Waals surface area contributed by atoms with Crippen LogP contribution in [0.1, 0.15) is 29.7 Å². The van der Waals surface area contributed by atoms with Crippen molar-refractivity contribution in [3.05, 3.63) is 100 Å². The summed E-state index contributed by atoms with van der Waals surface area (Å²) in [6.45, 7) is 3.70. The fraction of sp³-hybridized carbons (Fsp3) is 0.241. The number of likely N-dealkylation sites (tertiary alicyclic amines) is 1. The third-order valence-electron chi connectivity index (χ3n) is 7.85. The monoisotopic (exact) mass is 557 g/mol. The molecule has 5 amide bonds. The molecule has 0 spiro atoms. The molecule has 0 aliphatic carbocycles. The number of benzene rings is 3. The van der Waals surface area contributed by atoms with Gasteiger partial charge in [0.05, 0.1) is 30.1 Å². The second kappa shape index (κ2) is 8.38. The van der Waals surface area contributed by atoms with Crippen LogP contribution >= 0.6 is 15.9 Å². The first-order chi connectivity index (χ1) is 17.7. The van der Waals surface area contributed by atoms with Crippen molar-refractivity contribution >= 4 is 45.4 Å². The number of amides is 5.